The maximum absolute atomic E-state index is 12.8. The van der Waals surface area contributed by atoms with E-state index in [2.05, 4.69) is 76.6 Å². The van der Waals surface area contributed by atoms with Crippen LogP contribution in [0, 0.1) is 11.8 Å². The fourth-order valence-corrected chi connectivity index (χ4v) is 4.83. The third kappa shape index (κ3) is 6.65. The molecule has 4 nitrogen and oxygen atoms in total. The summed E-state index contributed by atoms with van der Waals surface area (Å²) in [6.07, 6.45) is 4.71. The predicted octanol–water partition coefficient (Wildman–Crippen LogP) is 4.45. The first-order chi connectivity index (χ1) is 15.2. The minimum atomic E-state index is 0.0956. The SMILES string of the molecule is CC1CCN(Cc2ccc(CNC(=O)C3CCCN(Cc4ccccc4)C3)cc2)CC1. The predicted molar refractivity (Wildman–Crippen MR) is 126 cm³/mol. The van der Waals surface area contributed by atoms with Crippen LogP contribution in [0.3, 0.4) is 0 Å². The number of hydrogen-bond donors (Lipinski definition) is 1. The number of amides is 1. The highest BCUT2D eigenvalue weighted by molar-refractivity contribution is 5.79. The molecule has 2 aromatic carbocycles. The summed E-state index contributed by atoms with van der Waals surface area (Å²) in [5.74, 6) is 1.17. The van der Waals surface area contributed by atoms with E-state index < -0.39 is 0 Å². The number of nitrogens with zero attached hydrogens (tertiary/aromatic N) is 2. The Hall–Kier alpha value is -2.17. The highest BCUT2D eigenvalue weighted by Gasteiger charge is 2.25. The zero-order valence-corrected chi connectivity index (χ0v) is 18.9. The van der Waals surface area contributed by atoms with Crippen LogP contribution in [0.25, 0.3) is 0 Å². The highest BCUT2D eigenvalue weighted by atomic mass is 16.1. The van der Waals surface area contributed by atoms with Crippen LogP contribution >= 0.6 is 0 Å². The number of rotatable bonds is 7. The summed E-state index contributed by atoms with van der Waals surface area (Å²) < 4.78 is 0. The van der Waals surface area contributed by atoms with Gasteiger partial charge in [-0.05, 0) is 67.9 Å². The van der Waals surface area contributed by atoms with Crippen LogP contribution < -0.4 is 5.32 Å². The van der Waals surface area contributed by atoms with Crippen molar-refractivity contribution < 1.29 is 4.79 Å². The molecule has 2 aromatic rings. The molecule has 166 valence electrons. The topological polar surface area (TPSA) is 35.6 Å². The van der Waals surface area contributed by atoms with Gasteiger partial charge in [0.05, 0.1) is 5.92 Å². The summed E-state index contributed by atoms with van der Waals surface area (Å²) in [4.78, 5) is 17.8. The van der Waals surface area contributed by atoms with Crippen LogP contribution in [-0.4, -0.2) is 41.9 Å². The first kappa shape index (κ1) is 22.0. The molecule has 0 radical (unpaired) electrons. The van der Waals surface area contributed by atoms with Crippen molar-refractivity contribution in [3.05, 3.63) is 71.3 Å². The largest absolute Gasteiger partial charge is 0.352 e. The van der Waals surface area contributed by atoms with Crippen molar-refractivity contribution >= 4 is 5.91 Å². The molecule has 2 heterocycles. The summed E-state index contributed by atoms with van der Waals surface area (Å²) in [5, 5.41) is 3.18. The van der Waals surface area contributed by atoms with Crippen LogP contribution in [0.15, 0.2) is 54.6 Å². The monoisotopic (exact) mass is 419 g/mol. The summed E-state index contributed by atoms with van der Waals surface area (Å²) in [6, 6.07) is 19.3. The second kappa shape index (κ2) is 10.9. The molecule has 0 bridgehead atoms. The third-order valence-electron chi connectivity index (χ3n) is 6.90. The molecule has 4 rings (SSSR count). The first-order valence-electron chi connectivity index (χ1n) is 12.0. The number of benzene rings is 2. The van der Waals surface area contributed by atoms with Crippen LogP contribution in [0.2, 0.25) is 0 Å². The second-order valence-corrected chi connectivity index (χ2v) is 9.55. The smallest absolute Gasteiger partial charge is 0.224 e. The Labute approximate surface area is 187 Å². The minimum absolute atomic E-state index is 0.0956. The molecule has 2 aliphatic heterocycles. The van der Waals surface area contributed by atoms with Crippen LogP contribution in [0.1, 0.15) is 49.3 Å². The van der Waals surface area contributed by atoms with Gasteiger partial charge in [-0.25, -0.2) is 0 Å². The van der Waals surface area contributed by atoms with Crippen molar-refractivity contribution in [2.75, 3.05) is 26.2 Å². The van der Waals surface area contributed by atoms with Crippen molar-refractivity contribution in [3.8, 4) is 0 Å². The standard InChI is InChI=1S/C27H37N3O/c1-22-13-16-29(17-14-22)19-25-11-9-23(10-12-25)18-28-27(31)26-8-5-15-30(21-26)20-24-6-3-2-4-7-24/h2-4,6-7,9-12,22,26H,5,8,13-21H2,1H3,(H,28,31). The molecule has 0 spiro atoms. The quantitative estimate of drug-likeness (QED) is 0.720. The lowest BCUT2D eigenvalue weighted by Crippen LogP contribution is -2.42. The third-order valence-corrected chi connectivity index (χ3v) is 6.90. The Morgan fingerprint density at radius 1 is 0.839 bits per heavy atom. The summed E-state index contributed by atoms with van der Waals surface area (Å²) in [6.45, 7) is 9.30. The van der Waals surface area contributed by atoms with Crippen molar-refractivity contribution in [1.29, 1.82) is 0 Å². The Balaban J connectivity index is 1.21. The van der Waals surface area contributed by atoms with Gasteiger partial charge in [0.2, 0.25) is 5.91 Å². The molecule has 1 atom stereocenters. The number of likely N-dealkylation sites (tertiary alicyclic amines) is 2. The van der Waals surface area contributed by atoms with Gasteiger partial charge in [0.1, 0.15) is 0 Å². The van der Waals surface area contributed by atoms with E-state index in [1.54, 1.807) is 0 Å². The van der Waals surface area contributed by atoms with Gasteiger partial charge < -0.3 is 5.32 Å². The number of piperidine rings is 2. The van der Waals surface area contributed by atoms with E-state index in [0.29, 0.717) is 6.54 Å². The Morgan fingerprint density at radius 3 is 2.23 bits per heavy atom. The van der Waals surface area contributed by atoms with Gasteiger partial charge in [-0.1, -0.05) is 61.5 Å². The lowest BCUT2D eigenvalue weighted by atomic mass is 9.96. The fraction of sp³-hybridized carbons (Fsp3) is 0.519. The van der Waals surface area contributed by atoms with Gasteiger partial charge in [0, 0.05) is 26.2 Å². The zero-order chi connectivity index (χ0) is 21.5. The molecule has 0 aromatic heterocycles. The van der Waals surface area contributed by atoms with E-state index in [1.165, 1.54) is 42.6 Å². The number of carbonyl (C=O) groups excluding carboxylic acids is 1. The van der Waals surface area contributed by atoms with Crippen molar-refractivity contribution in [2.24, 2.45) is 11.8 Å². The number of carbonyl (C=O) groups is 1. The highest BCUT2D eigenvalue weighted by Crippen LogP contribution is 2.20. The Kier molecular flexibility index (Phi) is 7.76. The van der Waals surface area contributed by atoms with Crippen LogP contribution in [0.4, 0.5) is 0 Å². The van der Waals surface area contributed by atoms with Gasteiger partial charge in [0.25, 0.3) is 0 Å². The number of hydrogen-bond acceptors (Lipinski definition) is 3. The Morgan fingerprint density at radius 2 is 1.48 bits per heavy atom. The summed E-state index contributed by atoms with van der Waals surface area (Å²) >= 11 is 0. The summed E-state index contributed by atoms with van der Waals surface area (Å²) in [7, 11) is 0. The fourth-order valence-electron chi connectivity index (χ4n) is 4.83. The van der Waals surface area contributed by atoms with Crippen molar-refractivity contribution in [2.45, 2.75) is 52.2 Å². The lowest BCUT2D eigenvalue weighted by Gasteiger charge is -2.32. The maximum atomic E-state index is 12.8. The summed E-state index contributed by atoms with van der Waals surface area (Å²) in [5.41, 5.74) is 3.87. The molecule has 0 saturated carbocycles. The van der Waals surface area contributed by atoms with Crippen LogP contribution in [0.5, 0.6) is 0 Å². The van der Waals surface area contributed by atoms with Crippen LogP contribution in [-0.2, 0) is 24.4 Å². The van der Waals surface area contributed by atoms with E-state index >= 15 is 0 Å². The molecule has 2 aliphatic rings. The molecular formula is C27H37N3O. The molecule has 2 saturated heterocycles. The maximum Gasteiger partial charge on any atom is 0.224 e. The van der Waals surface area contributed by atoms with Crippen molar-refractivity contribution in [3.63, 3.8) is 0 Å². The average molecular weight is 420 g/mol. The van der Waals surface area contributed by atoms with E-state index in [1.807, 2.05) is 0 Å². The van der Waals surface area contributed by atoms with Gasteiger partial charge in [0.15, 0.2) is 0 Å². The zero-order valence-electron chi connectivity index (χ0n) is 18.9. The number of nitrogens with one attached hydrogen (secondary N) is 1. The molecule has 1 unspecified atom stereocenters. The minimum Gasteiger partial charge on any atom is -0.352 e. The normalized spacial score (nSPS) is 21.1. The average Bonchev–Trinajstić information content (AvgIpc) is 2.81. The molecule has 1 N–H and O–H groups in total. The molecule has 31 heavy (non-hydrogen) atoms. The van der Waals surface area contributed by atoms with Gasteiger partial charge >= 0.3 is 0 Å². The molecule has 1 amide bonds. The first-order valence-corrected chi connectivity index (χ1v) is 12.0. The van der Waals surface area contributed by atoms with E-state index in [4.69, 9.17) is 0 Å². The molecule has 0 aliphatic carbocycles. The van der Waals surface area contributed by atoms with E-state index in [-0.39, 0.29) is 11.8 Å². The molecule has 2 fully saturated rings. The second-order valence-electron chi connectivity index (χ2n) is 9.55. The van der Waals surface area contributed by atoms with Gasteiger partial charge in [-0.2, -0.15) is 0 Å². The molecule has 4 heteroatoms. The lowest BCUT2D eigenvalue weighted by molar-refractivity contribution is -0.126. The van der Waals surface area contributed by atoms with Gasteiger partial charge in [-0.3, -0.25) is 14.6 Å². The van der Waals surface area contributed by atoms with E-state index in [9.17, 15) is 4.79 Å². The van der Waals surface area contributed by atoms with E-state index in [0.717, 1.165) is 44.9 Å². The molecular weight excluding hydrogens is 382 g/mol. The Bertz CT molecular complexity index is 812. The van der Waals surface area contributed by atoms with Gasteiger partial charge in [-0.15, -0.1) is 0 Å². The van der Waals surface area contributed by atoms with Crippen molar-refractivity contribution in [1.82, 2.24) is 15.1 Å².